The minimum atomic E-state index is -0.534. The van der Waals surface area contributed by atoms with Gasteiger partial charge in [0.05, 0.1) is 18.8 Å². The van der Waals surface area contributed by atoms with Gasteiger partial charge >= 0.3 is 0 Å². The van der Waals surface area contributed by atoms with E-state index in [1.807, 2.05) is 57.2 Å². The molecule has 0 bridgehead atoms. The van der Waals surface area contributed by atoms with Crippen molar-refractivity contribution in [1.29, 1.82) is 0 Å². The summed E-state index contributed by atoms with van der Waals surface area (Å²) in [5, 5.41) is 9.76. The molecule has 0 aromatic heterocycles. The summed E-state index contributed by atoms with van der Waals surface area (Å²) in [5.41, 5.74) is 2.22. The number of aliphatic hydroxyl groups is 1. The van der Waals surface area contributed by atoms with Gasteiger partial charge in [-0.15, -0.1) is 0 Å². The number of hydrogen-bond donors (Lipinski definition) is 1. The molecule has 2 nitrogen and oxygen atoms in total. The van der Waals surface area contributed by atoms with Gasteiger partial charge in [0.1, 0.15) is 0 Å². The quantitative estimate of drug-likeness (QED) is 0.773. The van der Waals surface area contributed by atoms with E-state index in [0.29, 0.717) is 6.61 Å². The summed E-state index contributed by atoms with van der Waals surface area (Å²) in [4.78, 5) is 0. The molecule has 1 aromatic carbocycles. The molecule has 1 N–H and O–H groups in total. The van der Waals surface area contributed by atoms with E-state index in [4.69, 9.17) is 4.74 Å². The smallest absolute Gasteiger partial charge is 0.0982 e. The molecule has 0 spiro atoms. The highest BCUT2D eigenvalue weighted by Gasteiger charge is 2.11. The van der Waals surface area contributed by atoms with Crippen molar-refractivity contribution in [2.45, 2.75) is 39.6 Å². The first-order chi connectivity index (χ1) is 7.59. The van der Waals surface area contributed by atoms with Crippen LogP contribution in [0.2, 0.25) is 0 Å². The number of allylic oxidation sites excluding steroid dienone is 1. The fourth-order valence-electron chi connectivity index (χ4n) is 1.38. The Morgan fingerprint density at radius 3 is 2.50 bits per heavy atom. The molecule has 0 heterocycles. The Morgan fingerprint density at radius 1 is 1.31 bits per heavy atom. The number of benzene rings is 1. The van der Waals surface area contributed by atoms with E-state index >= 15 is 0 Å². The molecule has 0 aliphatic rings. The lowest BCUT2D eigenvalue weighted by Gasteiger charge is -2.17. The maximum absolute atomic E-state index is 9.76. The number of ether oxygens (including phenoxy) is 1. The SMILES string of the molecule is CC(C)=C[C@H](O)[C@H](C)OCc1ccccc1. The van der Waals surface area contributed by atoms with E-state index in [-0.39, 0.29) is 6.10 Å². The van der Waals surface area contributed by atoms with E-state index < -0.39 is 6.10 Å². The van der Waals surface area contributed by atoms with Crippen molar-refractivity contribution in [3.05, 3.63) is 47.5 Å². The molecular formula is C14H20O2. The van der Waals surface area contributed by atoms with Crippen molar-refractivity contribution in [3.8, 4) is 0 Å². The van der Waals surface area contributed by atoms with E-state index in [2.05, 4.69) is 0 Å². The van der Waals surface area contributed by atoms with E-state index in [1.54, 1.807) is 0 Å². The maximum atomic E-state index is 9.76. The van der Waals surface area contributed by atoms with Crippen LogP contribution in [0, 0.1) is 0 Å². The Bertz CT molecular complexity index is 326. The van der Waals surface area contributed by atoms with Crippen LogP contribution in [0.15, 0.2) is 42.0 Å². The first kappa shape index (κ1) is 12.9. The van der Waals surface area contributed by atoms with Gasteiger partial charge in [0, 0.05) is 0 Å². The molecular weight excluding hydrogens is 200 g/mol. The topological polar surface area (TPSA) is 29.5 Å². The minimum Gasteiger partial charge on any atom is -0.386 e. The Morgan fingerprint density at radius 2 is 1.94 bits per heavy atom. The van der Waals surface area contributed by atoms with Crippen LogP contribution in [0.1, 0.15) is 26.3 Å². The monoisotopic (exact) mass is 220 g/mol. The van der Waals surface area contributed by atoms with Gasteiger partial charge in [0.15, 0.2) is 0 Å². The lowest BCUT2D eigenvalue weighted by molar-refractivity contribution is -0.0155. The van der Waals surface area contributed by atoms with Crippen LogP contribution in [-0.2, 0) is 11.3 Å². The molecule has 1 aromatic rings. The Kier molecular flexibility index (Phi) is 5.23. The van der Waals surface area contributed by atoms with Crippen molar-refractivity contribution >= 4 is 0 Å². The highest BCUT2D eigenvalue weighted by molar-refractivity contribution is 5.13. The van der Waals surface area contributed by atoms with Crippen molar-refractivity contribution in [2.24, 2.45) is 0 Å². The zero-order valence-electron chi connectivity index (χ0n) is 10.2. The molecule has 0 fully saturated rings. The van der Waals surface area contributed by atoms with E-state index in [9.17, 15) is 5.11 Å². The molecule has 88 valence electrons. The highest BCUT2D eigenvalue weighted by Crippen LogP contribution is 2.08. The van der Waals surface area contributed by atoms with Gasteiger partial charge in [0.2, 0.25) is 0 Å². The van der Waals surface area contributed by atoms with Crippen LogP contribution in [0.4, 0.5) is 0 Å². The Labute approximate surface area is 97.6 Å². The molecule has 0 saturated heterocycles. The van der Waals surface area contributed by atoms with Crippen LogP contribution in [-0.4, -0.2) is 17.3 Å². The summed E-state index contributed by atoms with van der Waals surface area (Å²) in [6.07, 6.45) is 1.10. The summed E-state index contributed by atoms with van der Waals surface area (Å²) in [6.45, 7) is 6.35. The average Bonchev–Trinajstić information content (AvgIpc) is 2.26. The third-order valence-corrected chi connectivity index (χ3v) is 2.34. The molecule has 2 heteroatoms. The van der Waals surface area contributed by atoms with Crippen molar-refractivity contribution in [2.75, 3.05) is 0 Å². The summed E-state index contributed by atoms with van der Waals surface area (Å²) in [7, 11) is 0. The maximum Gasteiger partial charge on any atom is 0.0982 e. The van der Waals surface area contributed by atoms with E-state index in [0.717, 1.165) is 11.1 Å². The largest absolute Gasteiger partial charge is 0.386 e. The van der Waals surface area contributed by atoms with Gasteiger partial charge in [-0.25, -0.2) is 0 Å². The summed E-state index contributed by atoms with van der Waals surface area (Å²) >= 11 is 0. The number of rotatable bonds is 5. The molecule has 0 aliphatic heterocycles. The predicted octanol–water partition coefficient (Wildman–Crippen LogP) is 2.92. The van der Waals surface area contributed by atoms with Crippen LogP contribution >= 0.6 is 0 Å². The average molecular weight is 220 g/mol. The molecule has 1 rings (SSSR count). The molecule has 0 amide bonds. The van der Waals surface area contributed by atoms with Gasteiger partial charge in [0.25, 0.3) is 0 Å². The van der Waals surface area contributed by atoms with Gasteiger partial charge in [-0.2, -0.15) is 0 Å². The van der Waals surface area contributed by atoms with Crippen molar-refractivity contribution < 1.29 is 9.84 Å². The third kappa shape index (κ3) is 4.60. The zero-order chi connectivity index (χ0) is 12.0. The second-order valence-electron chi connectivity index (χ2n) is 4.24. The van der Waals surface area contributed by atoms with Crippen LogP contribution in [0.5, 0.6) is 0 Å². The summed E-state index contributed by atoms with van der Waals surface area (Å²) in [5.74, 6) is 0. The van der Waals surface area contributed by atoms with Gasteiger partial charge < -0.3 is 9.84 Å². The Hall–Kier alpha value is -1.12. The zero-order valence-corrected chi connectivity index (χ0v) is 10.2. The summed E-state index contributed by atoms with van der Waals surface area (Å²) < 4.78 is 5.60. The van der Waals surface area contributed by atoms with E-state index in [1.165, 1.54) is 0 Å². The van der Waals surface area contributed by atoms with Crippen molar-refractivity contribution in [3.63, 3.8) is 0 Å². The molecule has 0 aliphatic carbocycles. The molecule has 0 unspecified atom stereocenters. The predicted molar refractivity (Wildman–Crippen MR) is 66.1 cm³/mol. The van der Waals surface area contributed by atoms with Crippen LogP contribution in [0.3, 0.4) is 0 Å². The highest BCUT2D eigenvalue weighted by atomic mass is 16.5. The fourth-order valence-corrected chi connectivity index (χ4v) is 1.38. The van der Waals surface area contributed by atoms with Crippen LogP contribution in [0.25, 0.3) is 0 Å². The van der Waals surface area contributed by atoms with Crippen LogP contribution < -0.4 is 0 Å². The standard InChI is InChI=1S/C14H20O2/c1-11(2)9-14(15)12(3)16-10-13-7-5-4-6-8-13/h4-9,12,14-15H,10H2,1-3H3/t12-,14-/m0/s1. The fraction of sp³-hybridized carbons (Fsp3) is 0.429. The number of aliphatic hydroxyl groups excluding tert-OH is 1. The molecule has 2 atom stereocenters. The third-order valence-electron chi connectivity index (χ3n) is 2.34. The minimum absolute atomic E-state index is 0.185. The Balaban J connectivity index is 2.41. The van der Waals surface area contributed by atoms with Gasteiger partial charge in [-0.05, 0) is 26.3 Å². The first-order valence-corrected chi connectivity index (χ1v) is 5.58. The summed E-state index contributed by atoms with van der Waals surface area (Å²) in [6, 6.07) is 9.97. The lowest BCUT2D eigenvalue weighted by atomic mass is 10.1. The molecule has 0 radical (unpaired) electrons. The second-order valence-corrected chi connectivity index (χ2v) is 4.24. The second kappa shape index (κ2) is 6.46. The lowest BCUT2D eigenvalue weighted by Crippen LogP contribution is -2.24. The van der Waals surface area contributed by atoms with Gasteiger partial charge in [-0.1, -0.05) is 42.0 Å². The van der Waals surface area contributed by atoms with Gasteiger partial charge in [-0.3, -0.25) is 0 Å². The normalized spacial score (nSPS) is 14.2. The number of hydrogen-bond acceptors (Lipinski definition) is 2. The molecule has 0 saturated carbocycles. The molecule has 16 heavy (non-hydrogen) atoms. The first-order valence-electron chi connectivity index (χ1n) is 5.58. The van der Waals surface area contributed by atoms with Crippen molar-refractivity contribution in [1.82, 2.24) is 0 Å².